The fourth-order valence-corrected chi connectivity index (χ4v) is 3.88. The van der Waals surface area contributed by atoms with Crippen molar-refractivity contribution in [1.82, 2.24) is 4.57 Å². The third kappa shape index (κ3) is 7.73. The van der Waals surface area contributed by atoms with Crippen molar-refractivity contribution in [3.8, 4) is 5.75 Å². The number of carbonyl (C=O) groups excluding carboxylic acids is 2. The number of nitrogens with zero attached hydrogens (tertiary/aromatic N) is 2. The first kappa shape index (κ1) is 26.6. The molecule has 0 unspecified atom stereocenters. The molecule has 0 spiro atoms. The standard InChI is InChI=1S/C23H29F3N2O4S/c1-14(2)12-28-13-19(22(4,5)6)33-21(28)27-20(30)17-11-16(23(24,25)26)7-8-18(17)32-10-9-31-15(3)29/h7-8,11,13-14H,9-10,12H2,1-6H3. The average molecular weight is 487 g/mol. The number of hydrogen-bond donors (Lipinski definition) is 0. The lowest BCUT2D eigenvalue weighted by Crippen LogP contribution is -2.19. The van der Waals surface area contributed by atoms with Crippen molar-refractivity contribution >= 4 is 23.2 Å². The van der Waals surface area contributed by atoms with Gasteiger partial charge in [0.25, 0.3) is 5.91 Å². The van der Waals surface area contributed by atoms with Crippen LogP contribution in [0.15, 0.2) is 29.4 Å². The van der Waals surface area contributed by atoms with E-state index in [9.17, 15) is 22.8 Å². The molecular formula is C23H29F3N2O4S. The maximum Gasteiger partial charge on any atom is 0.416 e. The third-order valence-electron chi connectivity index (χ3n) is 4.40. The Hall–Kier alpha value is -2.62. The molecule has 33 heavy (non-hydrogen) atoms. The summed E-state index contributed by atoms with van der Waals surface area (Å²) in [6.07, 6.45) is -2.70. The van der Waals surface area contributed by atoms with Crippen LogP contribution in [0.5, 0.6) is 5.75 Å². The first-order valence-electron chi connectivity index (χ1n) is 10.5. The monoisotopic (exact) mass is 486 g/mol. The maximum absolute atomic E-state index is 13.3. The van der Waals surface area contributed by atoms with Gasteiger partial charge in [-0.3, -0.25) is 9.59 Å². The summed E-state index contributed by atoms with van der Waals surface area (Å²) in [6.45, 7) is 11.8. The molecule has 0 aliphatic carbocycles. The van der Waals surface area contributed by atoms with E-state index in [0.29, 0.717) is 11.3 Å². The van der Waals surface area contributed by atoms with E-state index < -0.39 is 23.6 Å². The van der Waals surface area contributed by atoms with Crippen molar-refractivity contribution in [3.05, 3.63) is 45.2 Å². The van der Waals surface area contributed by atoms with E-state index in [1.54, 1.807) is 0 Å². The number of amides is 1. The lowest BCUT2D eigenvalue weighted by atomic mass is 9.95. The number of aromatic nitrogens is 1. The van der Waals surface area contributed by atoms with Gasteiger partial charge in [0, 0.05) is 24.5 Å². The maximum atomic E-state index is 13.3. The van der Waals surface area contributed by atoms with Gasteiger partial charge in [-0.25, -0.2) is 0 Å². The van der Waals surface area contributed by atoms with Gasteiger partial charge in [-0.1, -0.05) is 34.6 Å². The van der Waals surface area contributed by atoms with Crippen LogP contribution in [0, 0.1) is 5.92 Å². The number of thiazole rings is 1. The van der Waals surface area contributed by atoms with Crippen molar-refractivity contribution < 1.29 is 32.2 Å². The Morgan fingerprint density at radius 3 is 2.36 bits per heavy atom. The Labute approximate surface area is 195 Å². The van der Waals surface area contributed by atoms with Crippen LogP contribution >= 0.6 is 11.3 Å². The quantitative estimate of drug-likeness (QED) is 0.398. The van der Waals surface area contributed by atoms with Gasteiger partial charge in [-0.2, -0.15) is 18.2 Å². The molecule has 1 aromatic heterocycles. The molecule has 1 aromatic carbocycles. The largest absolute Gasteiger partial charge is 0.489 e. The van der Waals surface area contributed by atoms with Crippen LogP contribution < -0.4 is 9.54 Å². The van der Waals surface area contributed by atoms with E-state index in [1.165, 1.54) is 18.3 Å². The molecule has 0 aliphatic rings. The first-order chi connectivity index (χ1) is 15.2. The Kier molecular flexibility index (Phi) is 8.51. The fraction of sp³-hybridized carbons (Fsp3) is 0.522. The minimum Gasteiger partial charge on any atom is -0.489 e. The van der Waals surface area contributed by atoms with Crippen molar-refractivity contribution in [3.63, 3.8) is 0 Å². The van der Waals surface area contributed by atoms with E-state index in [-0.39, 0.29) is 35.9 Å². The summed E-state index contributed by atoms with van der Waals surface area (Å²) in [7, 11) is 0. The number of halogens is 3. The lowest BCUT2D eigenvalue weighted by Gasteiger charge is -2.14. The van der Waals surface area contributed by atoms with E-state index in [0.717, 1.165) is 23.1 Å². The molecule has 10 heteroatoms. The average Bonchev–Trinajstić information content (AvgIpc) is 3.06. The Morgan fingerprint density at radius 2 is 1.82 bits per heavy atom. The van der Waals surface area contributed by atoms with Crippen LogP contribution in [-0.4, -0.2) is 29.7 Å². The predicted molar refractivity (Wildman–Crippen MR) is 119 cm³/mol. The summed E-state index contributed by atoms with van der Waals surface area (Å²) in [5.41, 5.74) is -1.47. The van der Waals surface area contributed by atoms with Crippen molar-refractivity contribution in [1.29, 1.82) is 0 Å². The summed E-state index contributed by atoms with van der Waals surface area (Å²) in [6, 6.07) is 2.65. The van der Waals surface area contributed by atoms with Crippen molar-refractivity contribution in [2.45, 2.75) is 59.7 Å². The van der Waals surface area contributed by atoms with Crippen LogP contribution in [0.2, 0.25) is 0 Å². The molecule has 2 rings (SSSR count). The molecule has 0 bridgehead atoms. The van der Waals surface area contributed by atoms with E-state index in [2.05, 4.69) is 4.99 Å². The second-order valence-corrected chi connectivity index (χ2v) is 10.00. The van der Waals surface area contributed by atoms with E-state index in [4.69, 9.17) is 9.47 Å². The molecule has 0 aliphatic heterocycles. The highest BCUT2D eigenvalue weighted by Gasteiger charge is 2.32. The number of esters is 1. The van der Waals surface area contributed by atoms with Gasteiger partial charge < -0.3 is 14.0 Å². The Balaban J connectivity index is 2.51. The third-order valence-corrected chi connectivity index (χ3v) is 5.85. The molecule has 1 amide bonds. The van der Waals surface area contributed by atoms with Crippen LogP contribution in [0.3, 0.4) is 0 Å². The van der Waals surface area contributed by atoms with Gasteiger partial charge in [-0.05, 0) is 29.5 Å². The van der Waals surface area contributed by atoms with E-state index in [1.807, 2.05) is 45.4 Å². The van der Waals surface area contributed by atoms with Gasteiger partial charge in [0.05, 0.1) is 11.1 Å². The highest BCUT2D eigenvalue weighted by molar-refractivity contribution is 7.09. The molecule has 0 N–H and O–H groups in total. The zero-order chi connectivity index (χ0) is 25.0. The molecule has 182 valence electrons. The van der Waals surface area contributed by atoms with Crippen LogP contribution in [-0.2, 0) is 27.7 Å². The minimum absolute atomic E-state index is 0.0630. The zero-order valence-electron chi connectivity index (χ0n) is 19.6. The number of benzene rings is 1. The van der Waals surface area contributed by atoms with Gasteiger partial charge in [0.15, 0.2) is 4.80 Å². The van der Waals surface area contributed by atoms with Crippen LogP contribution in [0.1, 0.15) is 62.3 Å². The highest BCUT2D eigenvalue weighted by atomic mass is 32.1. The minimum atomic E-state index is -4.63. The summed E-state index contributed by atoms with van der Waals surface area (Å²) in [5, 5.41) is 0. The van der Waals surface area contributed by atoms with Gasteiger partial charge in [0.1, 0.15) is 19.0 Å². The molecule has 0 saturated carbocycles. The Morgan fingerprint density at radius 1 is 1.15 bits per heavy atom. The molecule has 2 aromatic rings. The summed E-state index contributed by atoms with van der Waals surface area (Å²) < 4.78 is 51.9. The lowest BCUT2D eigenvalue weighted by molar-refractivity contribution is -0.141. The van der Waals surface area contributed by atoms with E-state index >= 15 is 0 Å². The number of ether oxygens (including phenoxy) is 2. The SMILES string of the molecule is CC(=O)OCCOc1ccc(C(F)(F)F)cc1C(=O)N=c1sc(C(C)(C)C)cn1CC(C)C. The molecule has 0 atom stereocenters. The highest BCUT2D eigenvalue weighted by Crippen LogP contribution is 2.33. The van der Waals surface area contributed by atoms with Gasteiger partial charge >= 0.3 is 12.1 Å². The first-order valence-corrected chi connectivity index (χ1v) is 11.3. The van der Waals surface area contributed by atoms with Crippen LogP contribution in [0.25, 0.3) is 0 Å². The van der Waals surface area contributed by atoms with Gasteiger partial charge in [0.2, 0.25) is 0 Å². The van der Waals surface area contributed by atoms with Crippen LogP contribution in [0.4, 0.5) is 13.2 Å². The Bertz CT molecular complexity index is 1060. The predicted octanol–water partition coefficient (Wildman–Crippen LogP) is 5.20. The number of carbonyl (C=O) groups is 2. The topological polar surface area (TPSA) is 69.9 Å². The number of alkyl halides is 3. The van der Waals surface area contributed by atoms with Crippen molar-refractivity contribution in [2.75, 3.05) is 13.2 Å². The fourth-order valence-electron chi connectivity index (χ4n) is 2.82. The second-order valence-electron chi connectivity index (χ2n) is 8.99. The zero-order valence-corrected chi connectivity index (χ0v) is 20.4. The summed E-state index contributed by atoms with van der Waals surface area (Å²) in [4.78, 5) is 29.5. The number of hydrogen-bond acceptors (Lipinski definition) is 5. The molecule has 1 heterocycles. The smallest absolute Gasteiger partial charge is 0.416 e. The summed E-state index contributed by atoms with van der Waals surface area (Å²) in [5.74, 6) is -1.15. The van der Waals surface area contributed by atoms with Crippen molar-refractivity contribution in [2.24, 2.45) is 10.9 Å². The second kappa shape index (κ2) is 10.5. The molecule has 0 saturated heterocycles. The molecular weight excluding hydrogens is 457 g/mol. The number of rotatable bonds is 7. The molecule has 6 nitrogen and oxygen atoms in total. The van der Waals surface area contributed by atoms with Gasteiger partial charge in [-0.15, -0.1) is 11.3 Å². The normalized spacial score (nSPS) is 12.8. The molecule has 0 radical (unpaired) electrons. The molecule has 0 fully saturated rings. The summed E-state index contributed by atoms with van der Waals surface area (Å²) >= 11 is 1.33.